The van der Waals surface area contributed by atoms with Crippen LogP contribution < -0.4 is 0 Å². The number of rotatable bonds is 40. The van der Waals surface area contributed by atoms with Crippen molar-refractivity contribution < 1.29 is 175 Å². The summed E-state index contributed by atoms with van der Waals surface area (Å²) in [6, 6.07) is -3.66. The van der Waals surface area contributed by atoms with Crippen LogP contribution in [0.3, 0.4) is 0 Å². The van der Waals surface area contributed by atoms with Gasteiger partial charge >= 0.3 is 107 Å². The standard InChI is InChI=1S/C44H60F36I2O3Si6.C8H18OSi2/c1-15-25(81)90(11,12)85-91(13,14)26(82)24-32(55,56)38(67,68)44(79,80)43(77,78)37(65,66)31(53,54)19-23-89(9,10)84-88(7,8)22-18-30(51,52)36(63,64)42(75,76)41(73,74)35(61,62)29(49,50)17-21-87(5,6)83-86(3,4)20-16-28(47,48)34(59,60)40(71,72)39(69,70)33(57,58)27(2,45)46;1-7-10(3,4)9-11(5,6)8-2/h18-19,22-23,25-26H,15-17,20-21,24H2,1-14H3;7-8H,1-2H2,3-6H3/b22-18+,23-19+;. The van der Waals surface area contributed by atoms with Crippen molar-refractivity contribution in [3.8, 4) is 0 Å². The third-order valence-electron chi connectivity index (χ3n) is 15.2. The molecule has 0 amide bonds. The molecule has 50 heteroatoms. The number of hydrogen-bond donors (Lipinski definition) is 0. The molecule has 0 saturated heterocycles. The number of allylic oxidation sites excluding steroid dienone is 2. The second-order valence-corrected chi connectivity index (χ2v) is 67.1. The van der Waals surface area contributed by atoms with E-state index in [9.17, 15) is 149 Å². The Hall–Kier alpha value is -0.525. The number of alkyl halides is 38. The molecule has 0 bridgehead atoms. The van der Waals surface area contributed by atoms with Gasteiger partial charge in [0.25, 0.3) is 0 Å². The zero-order valence-electron chi connectivity index (χ0n) is 57.3. The molecule has 102 heavy (non-hydrogen) atoms. The molecule has 0 aliphatic rings. The van der Waals surface area contributed by atoms with Crippen LogP contribution in [0.2, 0.25) is 117 Å². The summed E-state index contributed by atoms with van der Waals surface area (Å²) in [6.45, 7) is 26.0. The molecule has 2 unspecified atom stereocenters. The number of halogens is 38. The third-order valence-corrected chi connectivity index (χ3v) is 53.0. The maximum absolute atomic E-state index is 15.1. The van der Waals surface area contributed by atoms with E-state index in [2.05, 4.69) is 39.3 Å². The Balaban J connectivity index is 0. The van der Waals surface area contributed by atoms with E-state index < -0.39 is 239 Å². The Bertz CT molecular complexity index is 2870. The van der Waals surface area contributed by atoms with Crippen molar-refractivity contribution in [1.82, 2.24) is 0 Å². The summed E-state index contributed by atoms with van der Waals surface area (Å²) in [5.74, 6) is -135. The molecule has 0 aromatic carbocycles. The van der Waals surface area contributed by atoms with Gasteiger partial charge in [0.2, 0.25) is 0 Å². The van der Waals surface area contributed by atoms with Crippen LogP contribution >= 0.6 is 45.2 Å². The first-order chi connectivity index (χ1) is 43.6. The van der Waals surface area contributed by atoms with Gasteiger partial charge in [-0.15, -0.1) is 13.2 Å². The van der Waals surface area contributed by atoms with Crippen molar-refractivity contribution >= 4 is 112 Å². The van der Waals surface area contributed by atoms with Crippen LogP contribution in [0.15, 0.2) is 48.1 Å². The van der Waals surface area contributed by atoms with Crippen LogP contribution in [0, 0.1) is 0 Å². The quantitative estimate of drug-likeness (QED) is 0.0265. The summed E-state index contributed by atoms with van der Waals surface area (Å²) in [5.41, 5.74) is 3.00. The van der Waals surface area contributed by atoms with E-state index in [1.807, 2.05) is 34.0 Å². The fourth-order valence-corrected chi connectivity index (χ4v) is 41.8. The molecule has 0 rings (SSSR count). The lowest BCUT2D eigenvalue weighted by Gasteiger charge is -2.43. The second-order valence-electron chi connectivity index (χ2n) is 28.3. The van der Waals surface area contributed by atoms with Crippen LogP contribution in [0.25, 0.3) is 0 Å². The maximum Gasteiger partial charge on any atom is 0.385 e. The van der Waals surface area contributed by atoms with Crippen molar-refractivity contribution in [3.63, 3.8) is 0 Å². The average Bonchev–Trinajstić information content (AvgIpc) is 0.721. The average molecular weight is 1930 g/mol. The maximum atomic E-state index is 15.1. The van der Waals surface area contributed by atoms with Gasteiger partial charge in [-0.25, -0.2) is 0 Å². The van der Waals surface area contributed by atoms with E-state index in [0.29, 0.717) is 58.8 Å². The summed E-state index contributed by atoms with van der Waals surface area (Å²) in [4.78, 5) is 0. The van der Waals surface area contributed by atoms with Crippen LogP contribution in [-0.4, -0.2) is 180 Å². The van der Waals surface area contributed by atoms with Gasteiger partial charge in [0.1, 0.15) is 0 Å². The van der Waals surface area contributed by atoms with Gasteiger partial charge in [0.05, 0.1) is 0 Å². The Morgan fingerprint density at radius 2 is 0.549 bits per heavy atom. The molecule has 0 heterocycles. The molecule has 0 fully saturated rings. The lowest BCUT2D eigenvalue weighted by Crippen LogP contribution is -2.71. The highest BCUT2D eigenvalue weighted by molar-refractivity contribution is 14.1. The summed E-state index contributed by atoms with van der Waals surface area (Å²) in [6.07, 6.45) is -10.8. The number of hydrogen-bond acceptors (Lipinski definition) is 4. The first kappa shape index (κ1) is 104. The van der Waals surface area contributed by atoms with E-state index in [1.54, 1.807) is 20.0 Å². The van der Waals surface area contributed by atoms with Gasteiger partial charge in [0.15, 0.2) is 66.5 Å². The van der Waals surface area contributed by atoms with Crippen LogP contribution in [0.1, 0.15) is 39.5 Å². The minimum atomic E-state index is -8.36. The van der Waals surface area contributed by atoms with E-state index in [-0.39, 0.29) is 3.55 Å². The summed E-state index contributed by atoms with van der Waals surface area (Å²) in [7, 11) is -28.6. The molecule has 2 atom stereocenters. The minimum absolute atomic E-state index is 0.265. The van der Waals surface area contributed by atoms with Crippen molar-refractivity contribution in [2.75, 3.05) is 0 Å². The molecule has 0 aromatic heterocycles. The van der Waals surface area contributed by atoms with E-state index in [0.717, 1.165) is 35.7 Å². The highest BCUT2D eigenvalue weighted by atomic mass is 127. The Labute approximate surface area is 601 Å². The molecule has 0 saturated carbocycles. The fourth-order valence-electron chi connectivity index (χ4n) is 8.87. The zero-order chi connectivity index (χ0) is 83.5. The molecule has 0 aliphatic heterocycles. The molecule has 0 aromatic rings. The molecule has 0 radical (unpaired) electrons. The normalized spacial score (nSPS) is 16.9. The van der Waals surface area contributed by atoms with E-state index >= 15 is 8.78 Å². The van der Waals surface area contributed by atoms with E-state index in [1.165, 1.54) is 0 Å². The molecule has 0 N–H and O–H groups in total. The van der Waals surface area contributed by atoms with Gasteiger partial charge in [-0.1, -0.05) is 74.9 Å². The molecular weight excluding hydrogens is 1850 g/mol. The predicted octanol–water partition coefficient (Wildman–Crippen LogP) is 25.0. The Morgan fingerprint density at radius 1 is 0.314 bits per heavy atom. The van der Waals surface area contributed by atoms with Gasteiger partial charge < -0.3 is 16.5 Å². The van der Waals surface area contributed by atoms with Crippen LogP contribution in [-0.2, 0) is 16.5 Å². The van der Waals surface area contributed by atoms with E-state index in [4.69, 9.17) is 16.5 Å². The SMILES string of the molecule is C=C[Si](C)(C)O[Si](C)(C)C=C.CCC(I)[Si](C)(C)O[Si](C)(C)C(I)CC(F)(F)C(F)(F)C(F)(F)C(F)(F)C(F)(F)C(F)(F)/C=C/[Si](C)(C)O[Si](C)(C)/C=C/C(F)(F)C(F)(F)C(F)(F)C(F)(F)C(F)(F)C(F)(F)CC[Si](C)(C)O[Si](C)(C)CCC(F)(F)C(F)(F)C(F)(F)C(F)(F)C(F)(F)C(C)(F)F. The predicted molar refractivity (Wildman–Crippen MR) is 347 cm³/mol. The highest BCUT2D eigenvalue weighted by Crippen LogP contribution is 2.65. The summed E-state index contributed by atoms with van der Waals surface area (Å²) < 4.78 is 546. The first-order valence-electron chi connectivity index (χ1n) is 29.2. The monoisotopic (exact) mass is 1930 g/mol. The molecule has 4 nitrogen and oxygen atoms in total. The summed E-state index contributed by atoms with van der Waals surface area (Å²) >= 11 is 2.97. The van der Waals surface area contributed by atoms with Gasteiger partial charge in [-0.2, -0.15) is 158 Å². The van der Waals surface area contributed by atoms with Crippen LogP contribution in [0.5, 0.6) is 0 Å². The van der Waals surface area contributed by atoms with Gasteiger partial charge in [-0.05, 0) is 135 Å². The molecule has 0 aliphatic carbocycles. The fraction of sp³-hybridized carbons (Fsp3) is 0.846. The van der Waals surface area contributed by atoms with Crippen molar-refractivity contribution in [1.29, 1.82) is 0 Å². The Kier molecular flexibility index (Phi) is 32.0. The van der Waals surface area contributed by atoms with Crippen molar-refractivity contribution in [2.24, 2.45) is 0 Å². The third kappa shape index (κ3) is 21.6. The first-order valence-corrected chi connectivity index (χ1v) is 55.8. The second kappa shape index (κ2) is 31.6. The smallest absolute Gasteiger partial charge is 0.385 e. The summed E-state index contributed by atoms with van der Waals surface area (Å²) in [5, 5.41) is 0. The Morgan fingerprint density at radius 3 is 0.804 bits per heavy atom. The topological polar surface area (TPSA) is 36.9 Å². The van der Waals surface area contributed by atoms with Crippen molar-refractivity contribution in [3.05, 3.63) is 48.1 Å². The lowest BCUT2D eigenvalue weighted by molar-refractivity contribution is -0.423. The van der Waals surface area contributed by atoms with Crippen LogP contribution in [0.4, 0.5) is 158 Å². The van der Waals surface area contributed by atoms with Crippen molar-refractivity contribution in [2.45, 2.75) is 270 Å². The molecular formula is C52H78F36I2O4Si8. The van der Waals surface area contributed by atoms with Gasteiger partial charge in [-0.3, -0.25) is 0 Å². The van der Waals surface area contributed by atoms with Gasteiger partial charge in [0, 0.05) is 33.3 Å². The molecule has 0 spiro atoms. The highest BCUT2D eigenvalue weighted by Gasteiger charge is 2.92. The zero-order valence-corrected chi connectivity index (χ0v) is 69.6. The lowest BCUT2D eigenvalue weighted by atomic mass is 9.90. The largest absolute Gasteiger partial charge is 0.455 e. The minimum Gasteiger partial charge on any atom is -0.455 e. The molecule has 608 valence electrons.